The molecule has 1 aliphatic heterocycles. The highest BCUT2D eigenvalue weighted by Crippen LogP contribution is 2.35. The van der Waals surface area contributed by atoms with Crippen LogP contribution in [0.15, 0.2) is 91.0 Å². The molecule has 0 bridgehead atoms. The van der Waals surface area contributed by atoms with E-state index in [0.29, 0.717) is 11.5 Å². The number of amides is 2. The maximum absolute atomic E-state index is 13.2. The fraction of sp³-hybridized carbons (Fsp3) is 0.350. The van der Waals surface area contributed by atoms with Crippen LogP contribution in [-0.2, 0) is 11.3 Å². The predicted molar refractivity (Wildman–Crippen MR) is 202 cm³/mol. The first-order valence-corrected chi connectivity index (χ1v) is 18.1. The lowest BCUT2D eigenvalue weighted by molar-refractivity contribution is -0.109. The average molecular weight is 692 g/mol. The second-order valence-electron chi connectivity index (χ2n) is 12.7. The fourth-order valence-corrected chi connectivity index (χ4v) is 6.46. The Morgan fingerprint density at radius 3 is 2.46 bits per heavy atom. The van der Waals surface area contributed by atoms with Crippen molar-refractivity contribution in [1.82, 2.24) is 35.5 Å². The van der Waals surface area contributed by atoms with Gasteiger partial charge in [0.15, 0.2) is 0 Å². The minimum atomic E-state index is 0.0641. The predicted octanol–water partition coefficient (Wildman–Crippen LogP) is 7.62. The van der Waals surface area contributed by atoms with E-state index in [1.165, 1.54) is 16.7 Å². The molecule has 9 nitrogen and oxygen atoms in total. The molecule has 5 aromatic rings. The molecular formula is C40H49N7O2S. The molecule has 0 spiro atoms. The molecule has 0 saturated carbocycles. The van der Waals surface area contributed by atoms with Crippen molar-refractivity contribution in [3.63, 3.8) is 0 Å². The van der Waals surface area contributed by atoms with E-state index < -0.39 is 0 Å². The number of likely N-dealkylation sites (tertiary alicyclic amines) is 1. The molecule has 262 valence electrons. The van der Waals surface area contributed by atoms with E-state index in [2.05, 4.69) is 74.9 Å². The number of thiazole rings is 1. The topological polar surface area (TPSA) is 113 Å². The Labute approximate surface area is 300 Å². The van der Waals surface area contributed by atoms with Crippen LogP contribution in [0, 0.1) is 20.8 Å². The van der Waals surface area contributed by atoms with Crippen molar-refractivity contribution in [2.24, 2.45) is 0 Å². The van der Waals surface area contributed by atoms with E-state index >= 15 is 0 Å². The van der Waals surface area contributed by atoms with Gasteiger partial charge < -0.3 is 15.5 Å². The lowest BCUT2D eigenvalue weighted by Crippen LogP contribution is -2.30. The Balaban J connectivity index is 0.000000200. The minimum absolute atomic E-state index is 0.0641. The summed E-state index contributed by atoms with van der Waals surface area (Å²) in [5, 5.41) is 9.06. The minimum Gasteiger partial charge on any atom is -0.359 e. The molecule has 50 heavy (non-hydrogen) atoms. The molecule has 3 aromatic heterocycles. The summed E-state index contributed by atoms with van der Waals surface area (Å²) in [6.07, 6.45) is 12.5. The van der Waals surface area contributed by atoms with E-state index in [1.54, 1.807) is 29.9 Å². The molecule has 1 atom stereocenters. The zero-order chi connectivity index (χ0) is 35.7. The fourth-order valence-electron chi connectivity index (χ4n) is 5.52. The van der Waals surface area contributed by atoms with E-state index in [0.717, 1.165) is 79.4 Å². The van der Waals surface area contributed by atoms with Crippen LogP contribution in [0.25, 0.3) is 11.3 Å². The van der Waals surface area contributed by atoms with Crippen molar-refractivity contribution in [3.8, 4) is 11.3 Å². The highest BCUT2D eigenvalue weighted by atomic mass is 32.1. The molecule has 6 rings (SSSR count). The summed E-state index contributed by atoms with van der Waals surface area (Å²) in [5.74, 6) is 0.577. The van der Waals surface area contributed by atoms with E-state index in [4.69, 9.17) is 0 Å². The third-order valence-corrected chi connectivity index (χ3v) is 9.19. The van der Waals surface area contributed by atoms with Gasteiger partial charge in [0.05, 0.1) is 17.9 Å². The first kappa shape index (κ1) is 38.0. The van der Waals surface area contributed by atoms with Crippen LogP contribution < -0.4 is 10.6 Å². The highest BCUT2D eigenvalue weighted by molar-refractivity contribution is 7.09. The summed E-state index contributed by atoms with van der Waals surface area (Å²) >= 11 is 1.64. The number of nitrogens with one attached hydrogen (secondary N) is 2. The summed E-state index contributed by atoms with van der Waals surface area (Å²) in [5.41, 5.74) is 8.25. The SMILES string of the molecule is CC(C)c1cncc(CNCCCNC=O)c1.Cc1cc(C(=O)N2CCCC2c2nc(C)cs2)cc(-c2cnccn2)c1.Cc1ccccc1. The number of hydrogen-bond acceptors (Lipinski definition) is 8. The monoisotopic (exact) mass is 691 g/mol. The van der Waals surface area contributed by atoms with Crippen LogP contribution in [0.4, 0.5) is 0 Å². The van der Waals surface area contributed by atoms with Gasteiger partial charge in [0.1, 0.15) is 5.01 Å². The number of carbonyl (C=O) groups excluding carboxylic acids is 2. The van der Waals surface area contributed by atoms with Crippen LogP contribution >= 0.6 is 11.3 Å². The molecule has 2 N–H and O–H groups in total. The normalized spacial score (nSPS) is 13.6. The highest BCUT2D eigenvalue weighted by Gasteiger charge is 2.32. The summed E-state index contributed by atoms with van der Waals surface area (Å²) in [7, 11) is 0. The number of aryl methyl sites for hydroxylation is 3. The maximum Gasteiger partial charge on any atom is 0.254 e. The Bertz CT molecular complexity index is 1760. The van der Waals surface area contributed by atoms with Gasteiger partial charge in [-0.25, -0.2) is 4.98 Å². The lowest BCUT2D eigenvalue weighted by atomic mass is 10.0. The van der Waals surface area contributed by atoms with Crippen molar-refractivity contribution >= 4 is 23.7 Å². The number of rotatable bonds is 11. The zero-order valence-corrected chi connectivity index (χ0v) is 30.6. The quantitative estimate of drug-likeness (QED) is 0.108. The Hall–Kier alpha value is -4.80. The van der Waals surface area contributed by atoms with Gasteiger partial charge >= 0.3 is 0 Å². The molecule has 4 heterocycles. The van der Waals surface area contributed by atoms with Crippen molar-refractivity contribution in [3.05, 3.63) is 129 Å². The largest absolute Gasteiger partial charge is 0.359 e. The molecular weight excluding hydrogens is 643 g/mol. The Kier molecular flexibility index (Phi) is 15.2. The first-order valence-electron chi connectivity index (χ1n) is 17.2. The van der Waals surface area contributed by atoms with Gasteiger partial charge in [-0.05, 0) is 87.4 Å². The number of carbonyl (C=O) groups is 2. The van der Waals surface area contributed by atoms with Crippen molar-refractivity contribution < 1.29 is 9.59 Å². The summed E-state index contributed by atoms with van der Waals surface area (Å²) < 4.78 is 0. The molecule has 1 fully saturated rings. The second kappa shape index (κ2) is 20.0. The number of aromatic nitrogens is 4. The van der Waals surface area contributed by atoms with Crippen LogP contribution in [-0.4, -0.2) is 56.8 Å². The zero-order valence-electron chi connectivity index (χ0n) is 29.8. The molecule has 1 saturated heterocycles. The smallest absolute Gasteiger partial charge is 0.254 e. The maximum atomic E-state index is 13.2. The molecule has 0 aliphatic carbocycles. The molecule has 10 heteroatoms. The summed E-state index contributed by atoms with van der Waals surface area (Å²) in [4.78, 5) is 42.6. The van der Waals surface area contributed by atoms with E-state index in [1.807, 2.05) is 67.5 Å². The van der Waals surface area contributed by atoms with Crippen LogP contribution in [0.2, 0.25) is 0 Å². The Morgan fingerprint density at radius 2 is 1.80 bits per heavy atom. The van der Waals surface area contributed by atoms with Crippen molar-refractivity contribution in [1.29, 1.82) is 0 Å². The molecule has 1 unspecified atom stereocenters. The van der Waals surface area contributed by atoms with Crippen LogP contribution in [0.1, 0.15) is 88.4 Å². The van der Waals surface area contributed by atoms with Crippen molar-refractivity contribution in [2.45, 2.75) is 72.4 Å². The van der Waals surface area contributed by atoms with Gasteiger partial charge in [0.2, 0.25) is 6.41 Å². The molecule has 0 radical (unpaired) electrons. The van der Waals surface area contributed by atoms with E-state index in [9.17, 15) is 9.59 Å². The molecule has 1 aliphatic rings. The number of nitrogens with zero attached hydrogens (tertiary/aromatic N) is 5. The van der Waals surface area contributed by atoms with Gasteiger partial charge in [0, 0.05) is 66.6 Å². The first-order chi connectivity index (χ1) is 24.2. The van der Waals surface area contributed by atoms with Crippen LogP contribution in [0.5, 0.6) is 0 Å². The van der Waals surface area contributed by atoms with Crippen molar-refractivity contribution in [2.75, 3.05) is 19.6 Å². The average Bonchev–Trinajstić information content (AvgIpc) is 3.80. The van der Waals surface area contributed by atoms with Gasteiger partial charge in [-0.15, -0.1) is 11.3 Å². The Morgan fingerprint density at radius 1 is 0.980 bits per heavy atom. The number of benzene rings is 2. The summed E-state index contributed by atoms with van der Waals surface area (Å²) in [6.45, 7) is 13.6. The van der Waals surface area contributed by atoms with Gasteiger partial charge in [0.25, 0.3) is 5.91 Å². The van der Waals surface area contributed by atoms with Gasteiger partial charge in [-0.2, -0.15) is 0 Å². The number of hydrogen-bond donors (Lipinski definition) is 2. The number of pyridine rings is 1. The van der Waals surface area contributed by atoms with Crippen LogP contribution in [0.3, 0.4) is 0 Å². The van der Waals surface area contributed by atoms with Gasteiger partial charge in [-0.3, -0.25) is 24.5 Å². The van der Waals surface area contributed by atoms with Gasteiger partial charge in [-0.1, -0.05) is 55.8 Å². The second-order valence-corrected chi connectivity index (χ2v) is 13.6. The third kappa shape index (κ3) is 12.0. The lowest BCUT2D eigenvalue weighted by Gasteiger charge is -2.23. The third-order valence-electron chi connectivity index (χ3n) is 8.13. The molecule has 2 amide bonds. The van der Waals surface area contributed by atoms with E-state index in [-0.39, 0.29) is 11.9 Å². The standard InChI is InChI=1S/C20H20N4OS.C13H21N3O.C7H8/c1-13-8-15(17-11-21-5-6-22-17)10-16(9-13)20(25)24-7-3-4-18(24)19-23-14(2)12-26-19;1-11(2)13-6-12(8-16-9-13)7-14-4-3-5-15-10-17;1-7-5-3-2-4-6-7/h5-6,8-12,18H,3-4,7H2,1-2H3;6,8-11,14H,3-5,7H2,1-2H3,(H,15,17);2-6H,1H3. The summed E-state index contributed by atoms with van der Waals surface area (Å²) in [6, 6.07) is 18.4. The molecule has 2 aromatic carbocycles.